The lowest BCUT2D eigenvalue weighted by Gasteiger charge is -2.35. The number of hydrazine groups is 1. The van der Waals surface area contributed by atoms with Crippen molar-refractivity contribution in [1.82, 2.24) is 15.6 Å². The smallest absolute Gasteiger partial charge is 0.293 e. The minimum atomic E-state index is -1.42. The first-order valence-corrected chi connectivity index (χ1v) is 7.34. The molecular weight excluding hydrogens is 308 g/mol. The Hall–Kier alpha value is -3.19. The van der Waals surface area contributed by atoms with E-state index in [1.807, 2.05) is 17.6 Å². The molecular formula is C17H16N4O3. The third kappa shape index (κ3) is 2.31. The predicted octanol–water partition coefficient (Wildman–Crippen LogP) is 0.472. The highest BCUT2D eigenvalue weighted by Gasteiger charge is 2.55. The Morgan fingerprint density at radius 3 is 1.96 bits per heavy atom. The number of nitrogens with two attached hydrogens (primary N) is 1. The largest absolute Gasteiger partial charge is 0.326 e. The molecule has 0 spiro atoms. The van der Waals surface area contributed by atoms with Crippen molar-refractivity contribution in [2.24, 2.45) is 5.84 Å². The fourth-order valence-electron chi connectivity index (χ4n) is 3.01. The molecule has 4 amide bonds. The second kappa shape index (κ2) is 6.13. The Morgan fingerprint density at radius 2 is 1.50 bits per heavy atom. The van der Waals surface area contributed by atoms with Crippen LogP contribution in [0.5, 0.6) is 0 Å². The fraction of sp³-hybridized carbons (Fsp3) is 0.118. The molecule has 1 aliphatic heterocycles. The Bertz CT molecular complexity index is 737. The summed E-state index contributed by atoms with van der Waals surface area (Å²) in [6.07, 6.45) is 0. The summed E-state index contributed by atoms with van der Waals surface area (Å²) in [5.41, 5.74) is 1.75. The van der Waals surface area contributed by atoms with E-state index in [0.717, 1.165) is 0 Å². The summed E-state index contributed by atoms with van der Waals surface area (Å²) in [5, 5.41) is 2.31. The van der Waals surface area contributed by atoms with Crippen LogP contribution in [0.3, 0.4) is 0 Å². The van der Waals surface area contributed by atoms with Gasteiger partial charge in [0.15, 0.2) is 5.54 Å². The van der Waals surface area contributed by atoms with Gasteiger partial charge in [0.05, 0.1) is 0 Å². The summed E-state index contributed by atoms with van der Waals surface area (Å²) < 4.78 is 0. The lowest BCUT2D eigenvalue weighted by atomic mass is 9.81. The van der Waals surface area contributed by atoms with E-state index in [0.29, 0.717) is 11.1 Å². The molecule has 2 aromatic carbocycles. The van der Waals surface area contributed by atoms with Gasteiger partial charge in [-0.25, -0.2) is 10.6 Å². The number of urea groups is 1. The molecule has 7 heteroatoms. The van der Waals surface area contributed by atoms with Gasteiger partial charge in [-0.3, -0.25) is 25.2 Å². The molecule has 1 saturated heterocycles. The molecule has 0 bridgehead atoms. The maximum atomic E-state index is 12.9. The van der Waals surface area contributed by atoms with E-state index in [9.17, 15) is 14.4 Å². The van der Waals surface area contributed by atoms with Crippen LogP contribution in [0.2, 0.25) is 0 Å². The zero-order chi connectivity index (χ0) is 17.2. The zero-order valence-corrected chi connectivity index (χ0v) is 12.7. The van der Waals surface area contributed by atoms with E-state index >= 15 is 0 Å². The number of nitrogens with one attached hydrogen (secondary N) is 2. The van der Waals surface area contributed by atoms with Crippen LogP contribution < -0.4 is 16.6 Å². The quantitative estimate of drug-likeness (QED) is 0.329. The second-order valence-electron chi connectivity index (χ2n) is 5.36. The zero-order valence-electron chi connectivity index (χ0n) is 12.7. The van der Waals surface area contributed by atoms with Crippen molar-refractivity contribution in [3.63, 3.8) is 0 Å². The number of amides is 4. The lowest BCUT2D eigenvalue weighted by Crippen LogP contribution is -2.52. The van der Waals surface area contributed by atoms with E-state index in [1.165, 1.54) is 4.90 Å². The number of imide groups is 1. The summed E-state index contributed by atoms with van der Waals surface area (Å²) in [6, 6.07) is 17.1. The number of carbonyl (C=O) groups excluding carboxylic acids is 3. The van der Waals surface area contributed by atoms with Gasteiger partial charge >= 0.3 is 6.03 Å². The maximum Gasteiger partial charge on any atom is 0.326 e. The number of carbonyl (C=O) groups is 3. The highest BCUT2D eigenvalue weighted by atomic mass is 16.2. The van der Waals surface area contributed by atoms with Crippen LogP contribution in [-0.2, 0) is 15.1 Å². The van der Waals surface area contributed by atoms with Crippen LogP contribution in [-0.4, -0.2) is 29.3 Å². The number of nitrogens with zero attached hydrogens (tertiary/aromatic N) is 1. The minimum absolute atomic E-state index is 0.349. The summed E-state index contributed by atoms with van der Waals surface area (Å²) in [6.45, 7) is -0.349. The third-order valence-corrected chi connectivity index (χ3v) is 4.04. The molecule has 0 aromatic heterocycles. The summed E-state index contributed by atoms with van der Waals surface area (Å²) >= 11 is 0. The molecule has 0 atom stereocenters. The van der Waals surface area contributed by atoms with Crippen LogP contribution >= 0.6 is 0 Å². The molecule has 1 aliphatic rings. The summed E-state index contributed by atoms with van der Waals surface area (Å²) in [4.78, 5) is 38.2. The van der Waals surface area contributed by atoms with Crippen LogP contribution in [0.1, 0.15) is 11.1 Å². The van der Waals surface area contributed by atoms with E-state index in [1.54, 1.807) is 48.5 Å². The molecule has 3 rings (SSSR count). The number of rotatable bonds is 4. The van der Waals surface area contributed by atoms with Gasteiger partial charge in [-0.1, -0.05) is 60.7 Å². The molecule has 7 nitrogen and oxygen atoms in total. The van der Waals surface area contributed by atoms with Crippen molar-refractivity contribution >= 4 is 17.8 Å². The van der Waals surface area contributed by atoms with Crippen molar-refractivity contribution < 1.29 is 14.4 Å². The highest BCUT2D eigenvalue weighted by molar-refractivity contribution is 6.10. The van der Waals surface area contributed by atoms with Gasteiger partial charge in [-0.15, -0.1) is 0 Å². The summed E-state index contributed by atoms with van der Waals surface area (Å²) in [7, 11) is 0. The van der Waals surface area contributed by atoms with Crippen molar-refractivity contribution in [3.05, 3.63) is 71.8 Å². The molecule has 1 heterocycles. The summed E-state index contributed by atoms with van der Waals surface area (Å²) in [5.74, 6) is 4.08. The van der Waals surface area contributed by atoms with E-state index in [-0.39, 0.29) is 6.54 Å². The minimum Gasteiger partial charge on any atom is -0.293 e. The number of benzene rings is 2. The second-order valence-corrected chi connectivity index (χ2v) is 5.36. The van der Waals surface area contributed by atoms with Gasteiger partial charge in [0.2, 0.25) is 0 Å². The average Bonchev–Trinajstić information content (AvgIpc) is 2.87. The monoisotopic (exact) mass is 324 g/mol. The molecule has 1 fully saturated rings. The number of hydrogen-bond acceptors (Lipinski definition) is 4. The Labute approximate surface area is 138 Å². The van der Waals surface area contributed by atoms with Gasteiger partial charge in [-0.05, 0) is 11.1 Å². The first-order chi connectivity index (χ1) is 11.6. The van der Waals surface area contributed by atoms with Gasteiger partial charge in [0.25, 0.3) is 11.8 Å². The molecule has 0 unspecified atom stereocenters. The molecule has 24 heavy (non-hydrogen) atoms. The van der Waals surface area contributed by atoms with Crippen LogP contribution in [0, 0.1) is 0 Å². The van der Waals surface area contributed by atoms with Crippen LogP contribution in [0.25, 0.3) is 0 Å². The van der Waals surface area contributed by atoms with Gasteiger partial charge in [0.1, 0.15) is 6.54 Å². The van der Waals surface area contributed by atoms with E-state index in [4.69, 9.17) is 5.84 Å². The predicted molar refractivity (Wildman–Crippen MR) is 86.2 cm³/mol. The molecule has 0 radical (unpaired) electrons. The molecule has 122 valence electrons. The molecule has 4 N–H and O–H groups in total. The highest BCUT2D eigenvalue weighted by Crippen LogP contribution is 2.39. The normalized spacial score (nSPS) is 16.0. The van der Waals surface area contributed by atoms with Gasteiger partial charge in [-0.2, -0.15) is 0 Å². The van der Waals surface area contributed by atoms with Gasteiger partial charge < -0.3 is 0 Å². The Kier molecular flexibility index (Phi) is 4.01. The molecule has 0 aliphatic carbocycles. The SMILES string of the molecule is NNC(=O)CN1C(=O)NC(=O)C1(c1ccccc1)c1ccccc1. The van der Waals surface area contributed by atoms with E-state index < -0.39 is 23.4 Å². The Morgan fingerprint density at radius 1 is 1.00 bits per heavy atom. The molecule has 0 saturated carbocycles. The lowest BCUT2D eigenvalue weighted by molar-refractivity contribution is -0.127. The maximum absolute atomic E-state index is 12.9. The first-order valence-electron chi connectivity index (χ1n) is 7.34. The van der Waals surface area contributed by atoms with E-state index in [2.05, 4.69) is 5.32 Å². The van der Waals surface area contributed by atoms with Crippen molar-refractivity contribution in [3.8, 4) is 0 Å². The van der Waals surface area contributed by atoms with Gasteiger partial charge in [0, 0.05) is 0 Å². The van der Waals surface area contributed by atoms with Crippen LogP contribution in [0.15, 0.2) is 60.7 Å². The first kappa shape index (κ1) is 15.7. The molecule has 2 aromatic rings. The van der Waals surface area contributed by atoms with Crippen LogP contribution in [0.4, 0.5) is 4.79 Å². The number of hydrogen-bond donors (Lipinski definition) is 3. The average molecular weight is 324 g/mol. The fourth-order valence-corrected chi connectivity index (χ4v) is 3.01. The third-order valence-electron chi connectivity index (χ3n) is 4.04. The van der Waals surface area contributed by atoms with Crippen molar-refractivity contribution in [1.29, 1.82) is 0 Å². The topological polar surface area (TPSA) is 105 Å². The van der Waals surface area contributed by atoms with Crippen molar-refractivity contribution in [2.45, 2.75) is 5.54 Å². The Balaban J connectivity index is 2.24. The standard InChI is InChI=1S/C17H16N4O3/c18-20-14(22)11-21-16(24)19-15(23)17(21,12-7-3-1-4-8-12)13-9-5-2-6-10-13/h1-10H,11,18H2,(H,20,22)(H,19,23,24). The van der Waals surface area contributed by atoms with Crippen molar-refractivity contribution in [2.75, 3.05) is 6.54 Å².